The zero-order valence-corrected chi connectivity index (χ0v) is 22.8. The van der Waals surface area contributed by atoms with Crippen LogP contribution in [0.4, 0.5) is 10.5 Å². The van der Waals surface area contributed by atoms with E-state index >= 15 is 0 Å². The molecule has 6 rings (SSSR count). The van der Waals surface area contributed by atoms with Gasteiger partial charge in [0.25, 0.3) is 0 Å². The first kappa shape index (κ1) is 24.7. The third kappa shape index (κ3) is 4.42. The molecule has 2 aromatic heterocycles. The van der Waals surface area contributed by atoms with Crippen molar-refractivity contribution in [1.82, 2.24) is 19.2 Å². The summed E-state index contributed by atoms with van der Waals surface area (Å²) in [6.45, 7) is 8.85. The van der Waals surface area contributed by atoms with Crippen LogP contribution in [0.5, 0.6) is 0 Å². The number of aryl methyl sites for hydroxylation is 2. The largest absolute Gasteiger partial charge is 0.322 e. The highest BCUT2D eigenvalue weighted by atomic mass is 16.2. The van der Waals surface area contributed by atoms with Crippen molar-refractivity contribution < 1.29 is 4.79 Å². The Morgan fingerprint density at radius 3 is 2.33 bits per heavy atom. The third-order valence-electron chi connectivity index (χ3n) is 7.65. The van der Waals surface area contributed by atoms with Gasteiger partial charge in [-0.05, 0) is 66.8 Å². The molecule has 0 fully saturated rings. The van der Waals surface area contributed by atoms with Crippen LogP contribution in [0.15, 0.2) is 97.2 Å². The first-order valence-electron chi connectivity index (χ1n) is 13.5. The van der Waals surface area contributed by atoms with E-state index in [4.69, 9.17) is 5.10 Å². The molecule has 0 saturated heterocycles. The zero-order chi connectivity index (χ0) is 27.1. The molecule has 0 spiro atoms. The van der Waals surface area contributed by atoms with E-state index in [9.17, 15) is 4.79 Å². The van der Waals surface area contributed by atoms with Crippen molar-refractivity contribution in [1.29, 1.82) is 0 Å². The van der Waals surface area contributed by atoms with Gasteiger partial charge in [-0.1, -0.05) is 74.5 Å². The maximum Gasteiger partial charge on any atom is 0.322 e. The lowest BCUT2D eigenvalue weighted by Crippen LogP contribution is -2.38. The van der Waals surface area contributed by atoms with Gasteiger partial charge >= 0.3 is 6.03 Å². The number of carbonyl (C=O) groups is 1. The van der Waals surface area contributed by atoms with Gasteiger partial charge in [-0.3, -0.25) is 0 Å². The van der Waals surface area contributed by atoms with E-state index in [2.05, 4.69) is 78.5 Å². The molecule has 3 aromatic carbocycles. The summed E-state index contributed by atoms with van der Waals surface area (Å²) in [7, 11) is 0. The highest BCUT2D eigenvalue weighted by Crippen LogP contribution is 2.39. The molecule has 6 nitrogen and oxygen atoms in total. The Morgan fingerprint density at radius 1 is 0.897 bits per heavy atom. The molecule has 1 aliphatic heterocycles. The van der Waals surface area contributed by atoms with Crippen LogP contribution in [-0.2, 0) is 6.54 Å². The van der Waals surface area contributed by atoms with Crippen molar-refractivity contribution in [2.75, 3.05) is 5.32 Å². The molecule has 1 atom stereocenters. The number of fused-ring (bicyclic) bond motifs is 3. The maximum absolute atomic E-state index is 14.1. The van der Waals surface area contributed by atoms with Crippen LogP contribution in [-0.4, -0.2) is 25.3 Å². The number of anilines is 1. The van der Waals surface area contributed by atoms with Crippen LogP contribution in [0, 0.1) is 13.8 Å². The monoisotopic (exact) mass is 515 g/mol. The minimum Gasteiger partial charge on any atom is -0.308 e. The summed E-state index contributed by atoms with van der Waals surface area (Å²) in [5, 5.41) is 8.14. The highest BCUT2D eigenvalue weighted by molar-refractivity contribution is 5.91. The predicted molar refractivity (Wildman–Crippen MR) is 156 cm³/mol. The summed E-state index contributed by atoms with van der Waals surface area (Å²) in [5.41, 5.74) is 8.11. The van der Waals surface area contributed by atoms with Crippen molar-refractivity contribution in [3.63, 3.8) is 0 Å². The van der Waals surface area contributed by atoms with Gasteiger partial charge in [0, 0.05) is 17.4 Å². The lowest BCUT2D eigenvalue weighted by molar-refractivity contribution is 0.194. The zero-order valence-electron chi connectivity index (χ0n) is 22.8. The number of amides is 2. The average Bonchev–Trinajstić information content (AvgIpc) is 3.51. The van der Waals surface area contributed by atoms with Gasteiger partial charge in [-0.2, -0.15) is 5.10 Å². The molecule has 6 heteroatoms. The number of nitrogens with one attached hydrogen (secondary N) is 1. The number of urea groups is 1. The van der Waals surface area contributed by atoms with Crippen LogP contribution in [0.2, 0.25) is 0 Å². The molecule has 3 heterocycles. The Morgan fingerprint density at radius 2 is 1.62 bits per heavy atom. The van der Waals surface area contributed by atoms with Crippen molar-refractivity contribution in [2.45, 2.75) is 46.2 Å². The molecule has 0 radical (unpaired) electrons. The van der Waals surface area contributed by atoms with E-state index in [0.717, 1.165) is 45.3 Å². The van der Waals surface area contributed by atoms with Crippen LogP contribution in [0.25, 0.3) is 11.5 Å². The van der Waals surface area contributed by atoms with Crippen molar-refractivity contribution in [3.05, 3.63) is 131 Å². The smallest absolute Gasteiger partial charge is 0.308 e. The van der Waals surface area contributed by atoms with Gasteiger partial charge in [-0.25, -0.2) is 9.48 Å². The molecule has 1 N–H and O–H groups in total. The van der Waals surface area contributed by atoms with Gasteiger partial charge in [-0.15, -0.1) is 0 Å². The van der Waals surface area contributed by atoms with Gasteiger partial charge < -0.3 is 14.8 Å². The third-order valence-corrected chi connectivity index (χ3v) is 7.65. The van der Waals surface area contributed by atoms with E-state index in [0.29, 0.717) is 12.5 Å². The Balaban J connectivity index is 1.53. The summed E-state index contributed by atoms with van der Waals surface area (Å²) < 4.78 is 4.19. The van der Waals surface area contributed by atoms with Gasteiger partial charge in [0.1, 0.15) is 5.82 Å². The Hall–Kier alpha value is -4.58. The van der Waals surface area contributed by atoms with Gasteiger partial charge in [0.15, 0.2) is 0 Å². The number of nitrogens with zero attached hydrogens (tertiary/aromatic N) is 4. The van der Waals surface area contributed by atoms with Crippen LogP contribution < -0.4 is 5.32 Å². The minimum absolute atomic E-state index is 0.144. The molecule has 0 unspecified atom stereocenters. The van der Waals surface area contributed by atoms with Crippen LogP contribution in [0.1, 0.15) is 59.4 Å². The first-order chi connectivity index (χ1) is 18.9. The van der Waals surface area contributed by atoms with Crippen LogP contribution >= 0.6 is 0 Å². The fourth-order valence-electron chi connectivity index (χ4n) is 5.46. The Labute approximate surface area is 229 Å². The molecule has 0 bridgehead atoms. The number of aromatic nitrogens is 3. The van der Waals surface area contributed by atoms with Crippen molar-refractivity contribution >= 4 is 11.7 Å². The lowest BCUT2D eigenvalue weighted by atomic mass is 9.97. The second-order valence-corrected chi connectivity index (χ2v) is 10.5. The second kappa shape index (κ2) is 9.95. The Bertz CT molecular complexity index is 1630. The maximum atomic E-state index is 14.1. The summed E-state index contributed by atoms with van der Waals surface area (Å²) in [5.74, 6) is 1.40. The fourth-order valence-corrected chi connectivity index (χ4v) is 5.46. The topological polar surface area (TPSA) is 55.1 Å². The molecule has 196 valence electrons. The number of carbonyl (C=O) groups excluding carboxylic acids is 1. The number of rotatable bonds is 4. The Kier molecular flexibility index (Phi) is 6.31. The quantitative estimate of drug-likeness (QED) is 0.269. The number of hydrogen-bond donors (Lipinski definition) is 1. The van der Waals surface area contributed by atoms with Gasteiger partial charge in [0.2, 0.25) is 0 Å². The minimum atomic E-state index is -0.291. The fraction of sp³-hybridized carbons (Fsp3) is 0.212. The molecule has 5 aromatic rings. The SMILES string of the molecule is Cc1ccccc1NC(=O)N1Cc2c(C)nn(-c3ccccc3)c2-n2cccc2[C@H]1c1ccc(C(C)C)cc1. The second-order valence-electron chi connectivity index (χ2n) is 10.5. The summed E-state index contributed by atoms with van der Waals surface area (Å²) in [4.78, 5) is 16.1. The van der Waals surface area contributed by atoms with E-state index in [-0.39, 0.29) is 12.1 Å². The lowest BCUT2D eigenvalue weighted by Gasteiger charge is -2.31. The number of hydrogen-bond acceptors (Lipinski definition) is 2. The summed E-state index contributed by atoms with van der Waals surface area (Å²) >= 11 is 0. The summed E-state index contributed by atoms with van der Waals surface area (Å²) in [6.07, 6.45) is 2.08. The molecular weight excluding hydrogens is 482 g/mol. The standard InChI is InChI=1S/C33H33N5O/c1-22(2)25-16-18-26(19-17-25)31-30-15-10-20-36(30)32-28(24(4)35-38(32)27-12-6-5-7-13-27)21-37(31)33(39)34-29-14-9-8-11-23(29)3/h5-20,22,31H,21H2,1-4H3,(H,34,39)/t31-/m1/s1. The van der Waals surface area contributed by atoms with Gasteiger partial charge in [0.05, 0.1) is 29.7 Å². The predicted octanol–water partition coefficient (Wildman–Crippen LogP) is 7.54. The average molecular weight is 516 g/mol. The molecular formula is C33H33N5O. The number of benzene rings is 3. The van der Waals surface area contributed by atoms with E-state index in [1.807, 2.05) is 65.9 Å². The van der Waals surface area contributed by atoms with E-state index < -0.39 is 0 Å². The highest BCUT2D eigenvalue weighted by Gasteiger charge is 2.36. The van der Waals surface area contributed by atoms with E-state index in [1.54, 1.807) is 0 Å². The molecule has 1 aliphatic rings. The summed E-state index contributed by atoms with van der Waals surface area (Å²) in [6, 6.07) is 30.5. The van der Waals surface area contributed by atoms with Crippen molar-refractivity contribution in [2.24, 2.45) is 0 Å². The van der Waals surface area contributed by atoms with Crippen LogP contribution in [0.3, 0.4) is 0 Å². The molecule has 39 heavy (non-hydrogen) atoms. The normalized spacial score (nSPS) is 14.6. The first-order valence-corrected chi connectivity index (χ1v) is 13.5. The van der Waals surface area contributed by atoms with E-state index in [1.165, 1.54) is 5.56 Å². The molecule has 0 aliphatic carbocycles. The molecule has 2 amide bonds. The number of para-hydroxylation sites is 2. The molecule has 0 saturated carbocycles. The van der Waals surface area contributed by atoms with Crippen molar-refractivity contribution in [3.8, 4) is 11.5 Å².